The Balaban J connectivity index is 4.63. The molecule has 0 bridgehead atoms. The average molecular weight is 431 g/mol. The molecule has 0 radical (unpaired) electrons. The molecule has 2 amide bonds. The van der Waals surface area contributed by atoms with Gasteiger partial charge in [0, 0.05) is 26.2 Å². The van der Waals surface area contributed by atoms with Crippen LogP contribution in [0.3, 0.4) is 0 Å². The standard InChI is InChI=1S/C20H38N4O6/c1-3-5-7-9-21-17(25)13-23(15-19(27)28)11-12-24(16-20(29)30)14-18(26)22-10-8-6-4-2/h3-16H2,1-2H3,(H,21,25)(H,22,26)(H,27,28)(H,29,30). The molecule has 0 atom stereocenters. The summed E-state index contributed by atoms with van der Waals surface area (Å²) < 4.78 is 0. The number of carboxylic acids is 2. The maximum Gasteiger partial charge on any atom is 0.317 e. The first-order chi connectivity index (χ1) is 14.3. The van der Waals surface area contributed by atoms with Crippen molar-refractivity contribution in [3.8, 4) is 0 Å². The summed E-state index contributed by atoms with van der Waals surface area (Å²) in [5, 5.41) is 23.7. The Morgan fingerprint density at radius 2 is 1.00 bits per heavy atom. The molecule has 0 fully saturated rings. The number of amides is 2. The summed E-state index contributed by atoms with van der Waals surface area (Å²) in [4.78, 5) is 49.2. The van der Waals surface area contributed by atoms with Crippen molar-refractivity contribution in [3.63, 3.8) is 0 Å². The third-order valence-corrected chi connectivity index (χ3v) is 4.39. The van der Waals surface area contributed by atoms with Crippen LogP contribution in [0.4, 0.5) is 0 Å². The Morgan fingerprint density at radius 1 is 0.633 bits per heavy atom. The molecule has 0 aromatic heterocycles. The highest BCUT2D eigenvalue weighted by molar-refractivity contribution is 5.79. The Kier molecular flexibility index (Phi) is 16.3. The monoisotopic (exact) mass is 430 g/mol. The zero-order valence-corrected chi connectivity index (χ0v) is 18.3. The highest BCUT2D eigenvalue weighted by atomic mass is 16.4. The van der Waals surface area contributed by atoms with Crippen molar-refractivity contribution in [2.45, 2.75) is 52.4 Å². The van der Waals surface area contributed by atoms with Gasteiger partial charge in [-0.3, -0.25) is 29.0 Å². The normalized spacial score (nSPS) is 10.9. The molecule has 10 nitrogen and oxygen atoms in total. The van der Waals surface area contributed by atoms with Crippen LogP contribution in [0.2, 0.25) is 0 Å². The van der Waals surface area contributed by atoms with E-state index in [1.165, 1.54) is 9.80 Å². The first kappa shape index (κ1) is 27.8. The number of unbranched alkanes of at least 4 members (excludes halogenated alkanes) is 4. The highest BCUT2D eigenvalue weighted by Crippen LogP contribution is 1.96. The third kappa shape index (κ3) is 16.7. The number of carbonyl (C=O) groups excluding carboxylic acids is 2. The van der Waals surface area contributed by atoms with Gasteiger partial charge in [0.15, 0.2) is 0 Å². The second kappa shape index (κ2) is 17.6. The maximum atomic E-state index is 12.1. The summed E-state index contributed by atoms with van der Waals surface area (Å²) in [6, 6.07) is 0. The molecule has 0 aromatic rings. The minimum absolute atomic E-state index is 0.0947. The summed E-state index contributed by atoms with van der Waals surface area (Å²) in [5.41, 5.74) is 0. The number of nitrogens with zero attached hydrogens (tertiary/aromatic N) is 2. The quantitative estimate of drug-likeness (QED) is 0.216. The molecule has 0 spiro atoms. The molecule has 4 N–H and O–H groups in total. The molecular weight excluding hydrogens is 392 g/mol. The van der Waals surface area contributed by atoms with E-state index in [2.05, 4.69) is 24.5 Å². The number of hydrogen-bond acceptors (Lipinski definition) is 6. The number of carboxylic acid groups (broad SMARTS) is 2. The van der Waals surface area contributed by atoms with Gasteiger partial charge in [0.05, 0.1) is 26.2 Å². The molecule has 174 valence electrons. The van der Waals surface area contributed by atoms with E-state index in [4.69, 9.17) is 10.2 Å². The zero-order chi connectivity index (χ0) is 22.8. The van der Waals surface area contributed by atoms with Crippen molar-refractivity contribution in [2.24, 2.45) is 0 Å². The summed E-state index contributed by atoms with van der Waals surface area (Å²) in [7, 11) is 0. The van der Waals surface area contributed by atoms with Gasteiger partial charge in [-0.15, -0.1) is 0 Å². The molecule has 0 rings (SSSR count). The van der Waals surface area contributed by atoms with Crippen molar-refractivity contribution in [1.29, 1.82) is 0 Å². The van der Waals surface area contributed by atoms with Crippen LogP contribution in [0.1, 0.15) is 52.4 Å². The van der Waals surface area contributed by atoms with E-state index in [0.29, 0.717) is 13.1 Å². The Bertz CT molecular complexity index is 483. The maximum absolute atomic E-state index is 12.1. The van der Waals surface area contributed by atoms with E-state index in [9.17, 15) is 19.2 Å². The number of hydrogen-bond donors (Lipinski definition) is 4. The molecule has 0 saturated carbocycles. The van der Waals surface area contributed by atoms with Gasteiger partial charge in [-0.1, -0.05) is 39.5 Å². The minimum atomic E-state index is -1.08. The smallest absolute Gasteiger partial charge is 0.317 e. The molecular formula is C20H38N4O6. The highest BCUT2D eigenvalue weighted by Gasteiger charge is 2.18. The Labute approximate surface area is 179 Å². The van der Waals surface area contributed by atoms with Crippen LogP contribution >= 0.6 is 0 Å². The van der Waals surface area contributed by atoms with Gasteiger partial charge < -0.3 is 20.8 Å². The van der Waals surface area contributed by atoms with Crippen molar-refractivity contribution < 1.29 is 29.4 Å². The third-order valence-electron chi connectivity index (χ3n) is 4.39. The van der Waals surface area contributed by atoms with E-state index >= 15 is 0 Å². The van der Waals surface area contributed by atoms with Crippen LogP contribution in [0, 0.1) is 0 Å². The molecule has 0 aliphatic heterocycles. The summed E-state index contributed by atoms with van der Waals surface area (Å²) in [6.45, 7) is 4.64. The van der Waals surface area contributed by atoms with Crippen molar-refractivity contribution in [2.75, 3.05) is 52.4 Å². The number of carbonyl (C=O) groups is 4. The van der Waals surface area contributed by atoms with Gasteiger partial charge in [0.2, 0.25) is 11.8 Å². The topological polar surface area (TPSA) is 139 Å². The number of aliphatic carboxylic acids is 2. The van der Waals surface area contributed by atoms with Crippen molar-refractivity contribution in [1.82, 2.24) is 20.4 Å². The molecule has 0 aromatic carbocycles. The van der Waals surface area contributed by atoms with Crippen LogP contribution in [0.5, 0.6) is 0 Å². The Hall–Kier alpha value is -2.20. The molecule has 0 saturated heterocycles. The van der Waals surface area contributed by atoms with Crippen LogP contribution in [-0.2, 0) is 19.2 Å². The Morgan fingerprint density at radius 3 is 1.30 bits per heavy atom. The fourth-order valence-corrected chi connectivity index (χ4v) is 2.82. The van der Waals surface area contributed by atoms with Crippen LogP contribution in [0.25, 0.3) is 0 Å². The van der Waals surface area contributed by atoms with Gasteiger partial charge in [0.25, 0.3) is 0 Å². The fraction of sp³-hybridized carbons (Fsp3) is 0.800. The van der Waals surface area contributed by atoms with Gasteiger partial charge in [-0.2, -0.15) is 0 Å². The second-order valence-electron chi connectivity index (χ2n) is 7.32. The van der Waals surface area contributed by atoms with E-state index in [0.717, 1.165) is 38.5 Å². The average Bonchev–Trinajstić information content (AvgIpc) is 2.65. The SMILES string of the molecule is CCCCCNC(=O)CN(CCN(CC(=O)O)CC(=O)NCCCCC)CC(=O)O. The first-order valence-corrected chi connectivity index (χ1v) is 10.7. The molecule has 30 heavy (non-hydrogen) atoms. The van der Waals surface area contributed by atoms with E-state index in [1.807, 2.05) is 0 Å². The van der Waals surface area contributed by atoms with Crippen LogP contribution in [0.15, 0.2) is 0 Å². The lowest BCUT2D eigenvalue weighted by atomic mass is 10.2. The van der Waals surface area contributed by atoms with E-state index in [1.54, 1.807) is 0 Å². The lowest BCUT2D eigenvalue weighted by molar-refractivity contribution is -0.141. The molecule has 0 unspecified atom stereocenters. The van der Waals surface area contributed by atoms with E-state index in [-0.39, 0.29) is 51.1 Å². The van der Waals surface area contributed by atoms with Gasteiger partial charge in [-0.25, -0.2) is 0 Å². The summed E-state index contributed by atoms with van der Waals surface area (Å²) >= 11 is 0. The molecule has 10 heteroatoms. The largest absolute Gasteiger partial charge is 0.480 e. The molecule has 0 heterocycles. The molecule has 0 aliphatic carbocycles. The van der Waals surface area contributed by atoms with Crippen molar-refractivity contribution in [3.05, 3.63) is 0 Å². The van der Waals surface area contributed by atoms with Gasteiger partial charge in [-0.05, 0) is 12.8 Å². The van der Waals surface area contributed by atoms with Gasteiger partial charge >= 0.3 is 11.9 Å². The first-order valence-electron chi connectivity index (χ1n) is 10.7. The lowest BCUT2D eigenvalue weighted by Gasteiger charge is -2.25. The summed E-state index contributed by atoms with van der Waals surface area (Å²) in [5.74, 6) is -2.70. The van der Waals surface area contributed by atoms with Crippen LogP contribution in [-0.4, -0.2) is 96.1 Å². The minimum Gasteiger partial charge on any atom is -0.480 e. The van der Waals surface area contributed by atoms with Gasteiger partial charge in [0.1, 0.15) is 0 Å². The predicted molar refractivity (Wildman–Crippen MR) is 113 cm³/mol. The lowest BCUT2D eigenvalue weighted by Crippen LogP contribution is -2.46. The second-order valence-corrected chi connectivity index (χ2v) is 7.32. The predicted octanol–water partition coefficient (Wildman–Crippen LogP) is 0.372. The molecule has 0 aliphatic rings. The number of nitrogens with one attached hydrogen (secondary N) is 2. The van der Waals surface area contributed by atoms with E-state index < -0.39 is 11.9 Å². The van der Waals surface area contributed by atoms with Crippen LogP contribution < -0.4 is 10.6 Å². The van der Waals surface area contributed by atoms with Crippen molar-refractivity contribution >= 4 is 23.8 Å². The zero-order valence-electron chi connectivity index (χ0n) is 18.3. The number of rotatable bonds is 19. The fourth-order valence-electron chi connectivity index (χ4n) is 2.82. The summed E-state index contributed by atoms with van der Waals surface area (Å²) in [6.07, 6.45) is 5.80.